The van der Waals surface area contributed by atoms with E-state index < -0.39 is 0 Å². The summed E-state index contributed by atoms with van der Waals surface area (Å²) < 4.78 is 1.76. The van der Waals surface area contributed by atoms with Crippen LogP contribution in [0, 0.1) is 0 Å². The number of aromatic nitrogens is 5. The van der Waals surface area contributed by atoms with Gasteiger partial charge in [0.25, 0.3) is 0 Å². The molecule has 1 fully saturated rings. The summed E-state index contributed by atoms with van der Waals surface area (Å²) in [5.41, 5.74) is 1.66. The van der Waals surface area contributed by atoms with Gasteiger partial charge >= 0.3 is 0 Å². The van der Waals surface area contributed by atoms with E-state index in [9.17, 15) is 5.11 Å². The molecule has 0 unspecified atom stereocenters. The maximum Gasteiger partial charge on any atom is 0.165 e. The minimum Gasteiger partial charge on any atom is -0.395 e. The van der Waals surface area contributed by atoms with Crippen LogP contribution >= 0.6 is 0 Å². The van der Waals surface area contributed by atoms with Crippen molar-refractivity contribution in [3.05, 3.63) is 30.7 Å². The number of hydrogen-bond donors (Lipinski definition) is 2. The van der Waals surface area contributed by atoms with Gasteiger partial charge in [-0.05, 0) is 31.5 Å². The number of anilines is 1. The van der Waals surface area contributed by atoms with E-state index >= 15 is 0 Å². The molecule has 4 rings (SSSR count). The lowest BCUT2D eigenvalue weighted by atomic mass is 10.0. The highest BCUT2D eigenvalue weighted by Crippen LogP contribution is 2.24. The van der Waals surface area contributed by atoms with E-state index in [4.69, 9.17) is 4.98 Å². The molecule has 27 heavy (non-hydrogen) atoms. The first-order valence-electron chi connectivity index (χ1n) is 9.45. The van der Waals surface area contributed by atoms with Gasteiger partial charge in [-0.1, -0.05) is 6.42 Å². The average molecular weight is 367 g/mol. The van der Waals surface area contributed by atoms with Crippen LogP contribution in [0.15, 0.2) is 30.7 Å². The second kappa shape index (κ2) is 7.98. The summed E-state index contributed by atoms with van der Waals surface area (Å²) in [6, 6.07) is 4.11. The molecule has 0 amide bonds. The van der Waals surface area contributed by atoms with Crippen LogP contribution in [-0.2, 0) is 7.05 Å². The van der Waals surface area contributed by atoms with Crippen LogP contribution in [0.25, 0.3) is 22.4 Å². The number of aliphatic hydroxyl groups is 1. The molecule has 4 heterocycles. The Kier molecular flexibility index (Phi) is 5.26. The van der Waals surface area contributed by atoms with E-state index in [1.54, 1.807) is 23.3 Å². The number of aryl methyl sites for hydroxylation is 1. The summed E-state index contributed by atoms with van der Waals surface area (Å²) in [5, 5.41) is 18.3. The standard InChI is InChI=1S/C19H25N7O/c1-25-19-16(12-22-25)18(23-17(24-19)14-5-4-7-20-11-14)21-8-10-26-9-3-2-6-15(26)13-27/h4-5,7,11-12,15,27H,2-3,6,8-10,13H2,1H3,(H,21,23,24)/t15-/m0/s1. The Morgan fingerprint density at radius 3 is 3.00 bits per heavy atom. The maximum absolute atomic E-state index is 9.58. The fourth-order valence-corrected chi connectivity index (χ4v) is 3.66. The molecule has 0 bridgehead atoms. The Labute approximate surface area is 158 Å². The Balaban J connectivity index is 1.55. The third-order valence-corrected chi connectivity index (χ3v) is 5.16. The van der Waals surface area contributed by atoms with E-state index in [-0.39, 0.29) is 12.6 Å². The van der Waals surface area contributed by atoms with E-state index in [0.29, 0.717) is 5.82 Å². The van der Waals surface area contributed by atoms with Gasteiger partial charge in [0.2, 0.25) is 0 Å². The summed E-state index contributed by atoms with van der Waals surface area (Å²) in [6.45, 7) is 2.90. The Morgan fingerprint density at radius 2 is 2.19 bits per heavy atom. The van der Waals surface area contributed by atoms with Gasteiger partial charge in [0, 0.05) is 44.1 Å². The highest BCUT2D eigenvalue weighted by Gasteiger charge is 2.21. The molecule has 2 N–H and O–H groups in total. The molecule has 0 saturated carbocycles. The van der Waals surface area contributed by atoms with Crippen molar-refractivity contribution in [3.8, 4) is 11.4 Å². The monoisotopic (exact) mass is 367 g/mol. The van der Waals surface area contributed by atoms with Crippen molar-refractivity contribution in [2.24, 2.45) is 7.05 Å². The molecular formula is C19H25N7O. The second-order valence-corrected chi connectivity index (χ2v) is 6.94. The van der Waals surface area contributed by atoms with Gasteiger partial charge in [0.15, 0.2) is 11.5 Å². The van der Waals surface area contributed by atoms with Crippen LogP contribution in [0.3, 0.4) is 0 Å². The minimum absolute atomic E-state index is 0.228. The molecule has 0 radical (unpaired) electrons. The van der Waals surface area contributed by atoms with E-state index in [1.807, 2.05) is 19.2 Å². The van der Waals surface area contributed by atoms with Crippen molar-refractivity contribution in [2.75, 3.05) is 31.6 Å². The van der Waals surface area contributed by atoms with Gasteiger partial charge in [-0.3, -0.25) is 14.6 Å². The molecule has 142 valence electrons. The highest BCUT2D eigenvalue weighted by molar-refractivity contribution is 5.88. The van der Waals surface area contributed by atoms with Crippen LogP contribution < -0.4 is 5.32 Å². The van der Waals surface area contributed by atoms with Gasteiger partial charge in [-0.15, -0.1) is 0 Å². The smallest absolute Gasteiger partial charge is 0.165 e. The van der Waals surface area contributed by atoms with Crippen LogP contribution in [0.2, 0.25) is 0 Å². The molecule has 8 nitrogen and oxygen atoms in total. The minimum atomic E-state index is 0.228. The van der Waals surface area contributed by atoms with Gasteiger partial charge in [-0.2, -0.15) is 5.10 Å². The number of aliphatic hydroxyl groups excluding tert-OH is 1. The Morgan fingerprint density at radius 1 is 1.26 bits per heavy atom. The zero-order valence-electron chi connectivity index (χ0n) is 15.5. The fourth-order valence-electron chi connectivity index (χ4n) is 3.66. The van der Waals surface area contributed by atoms with Gasteiger partial charge in [-0.25, -0.2) is 9.97 Å². The molecule has 1 saturated heterocycles. The largest absolute Gasteiger partial charge is 0.395 e. The first-order valence-corrected chi connectivity index (χ1v) is 9.45. The SMILES string of the molecule is Cn1ncc2c(NCCN3CCCC[C@H]3CO)nc(-c3cccnc3)nc21. The van der Waals surface area contributed by atoms with E-state index in [0.717, 1.165) is 48.5 Å². The molecule has 1 aliphatic rings. The predicted molar refractivity (Wildman–Crippen MR) is 104 cm³/mol. The first-order chi connectivity index (χ1) is 13.3. The maximum atomic E-state index is 9.58. The topological polar surface area (TPSA) is 92.0 Å². The molecule has 0 spiro atoms. The van der Waals surface area contributed by atoms with Crippen molar-refractivity contribution in [3.63, 3.8) is 0 Å². The van der Waals surface area contributed by atoms with Crippen molar-refractivity contribution in [1.82, 2.24) is 29.6 Å². The lowest BCUT2D eigenvalue weighted by Gasteiger charge is -2.34. The van der Waals surface area contributed by atoms with Crippen molar-refractivity contribution < 1.29 is 5.11 Å². The van der Waals surface area contributed by atoms with Gasteiger partial charge < -0.3 is 10.4 Å². The first kappa shape index (κ1) is 17.8. The molecule has 1 atom stereocenters. The van der Waals surface area contributed by atoms with E-state index in [1.165, 1.54) is 12.8 Å². The normalized spacial score (nSPS) is 18.1. The number of rotatable bonds is 6. The van der Waals surface area contributed by atoms with Crippen molar-refractivity contribution in [1.29, 1.82) is 0 Å². The number of likely N-dealkylation sites (tertiary alicyclic amines) is 1. The van der Waals surface area contributed by atoms with Crippen LogP contribution in [-0.4, -0.2) is 67.0 Å². The molecule has 0 aliphatic carbocycles. The van der Waals surface area contributed by atoms with Crippen molar-refractivity contribution >= 4 is 16.9 Å². The predicted octanol–water partition coefficient (Wildman–Crippen LogP) is 1.68. The Bertz CT molecular complexity index is 896. The second-order valence-electron chi connectivity index (χ2n) is 6.94. The molecule has 8 heteroatoms. The molecular weight excluding hydrogens is 342 g/mol. The quantitative estimate of drug-likeness (QED) is 0.685. The molecule has 3 aromatic heterocycles. The Hall–Kier alpha value is -2.58. The van der Waals surface area contributed by atoms with Crippen LogP contribution in [0.1, 0.15) is 19.3 Å². The highest BCUT2D eigenvalue weighted by atomic mass is 16.3. The summed E-state index contributed by atoms with van der Waals surface area (Å²) in [6.07, 6.45) is 8.76. The number of nitrogens with one attached hydrogen (secondary N) is 1. The molecule has 3 aromatic rings. The zero-order chi connectivity index (χ0) is 18.6. The third kappa shape index (κ3) is 3.77. The summed E-state index contributed by atoms with van der Waals surface area (Å²) in [5.74, 6) is 1.41. The summed E-state index contributed by atoms with van der Waals surface area (Å²) in [7, 11) is 1.88. The number of pyridine rings is 1. The summed E-state index contributed by atoms with van der Waals surface area (Å²) >= 11 is 0. The van der Waals surface area contributed by atoms with Crippen LogP contribution in [0.4, 0.5) is 5.82 Å². The molecule has 1 aliphatic heterocycles. The zero-order valence-corrected chi connectivity index (χ0v) is 15.5. The van der Waals surface area contributed by atoms with Crippen LogP contribution in [0.5, 0.6) is 0 Å². The number of piperidine rings is 1. The lowest BCUT2D eigenvalue weighted by Crippen LogP contribution is -2.44. The fraction of sp³-hybridized carbons (Fsp3) is 0.474. The number of nitrogens with zero attached hydrogens (tertiary/aromatic N) is 6. The van der Waals surface area contributed by atoms with Gasteiger partial charge in [0.05, 0.1) is 18.2 Å². The number of hydrogen-bond acceptors (Lipinski definition) is 7. The molecule has 0 aromatic carbocycles. The summed E-state index contributed by atoms with van der Waals surface area (Å²) in [4.78, 5) is 15.9. The van der Waals surface area contributed by atoms with Gasteiger partial charge in [0.1, 0.15) is 5.82 Å². The average Bonchev–Trinajstić information content (AvgIpc) is 3.10. The third-order valence-electron chi connectivity index (χ3n) is 5.16. The van der Waals surface area contributed by atoms with Crippen molar-refractivity contribution in [2.45, 2.75) is 25.3 Å². The number of fused-ring (bicyclic) bond motifs is 1. The van der Waals surface area contributed by atoms with E-state index in [2.05, 4.69) is 25.3 Å². The lowest BCUT2D eigenvalue weighted by molar-refractivity contribution is 0.0940.